The molecule has 5 heterocycles. The first-order valence-electron chi connectivity index (χ1n) is 9.26. The largest absolute Gasteiger partial charge is 0.355 e. The third-order valence-corrected chi connectivity index (χ3v) is 5.68. The van der Waals surface area contributed by atoms with E-state index in [9.17, 15) is 0 Å². The van der Waals surface area contributed by atoms with Gasteiger partial charge in [-0.2, -0.15) is 0 Å². The number of fused-ring (bicyclic) bond motifs is 9. The maximum atomic E-state index is 4.87. The van der Waals surface area contributed by atoms with Crippen LogP contribution in [-0.2, 0) is 0 Å². The summed E-state index contributed by atoms with van der Waals surface area (Å²) in [6, 6.07) is 10.8. The molecule has 8 bridgehead atoms. The molecule has 4 nitrogen and oxygen atoms in total. The maximum Gasteiger partial charge on any atom is 0.0687 e. The Morgan fingerprint density at radius 3 is 1.74 bits per heavy atom. The van der Waals surface area contributed by atoms with E-state index < -0.39 is 0 Å². The predicted octanol–water partition coefficient (Wildman–Crippen LogP) is 5.93. The third kappa shape index (κ3) is 2.40. The standard InChI is InChI=1S/C23H22N4/c1-12-11-22-15(4)20-8-7-17(25-20)13(2)16-5-6-18(24-16)14(3)19-9-10-21(26-19)23(12)27-22/h5-11,25-27H,1-4H3. The molecule has 4 aromatic heterocycles. The summed E-state index contributed by atoms with van der Waals surface area (Å²) in [5.74, 6) is 0. The molecular formula is C23H22N4. The lowest BCUT2D eigenvalue weighted by atomic mass is 10.2. The molecule has 0 aliphatic carbocycles. The van der Waals surface area contributed by atoms with Crippen molar-refractivity contribution in [2.75, 3.05) is 0 Å². The quantitative estimate of drug-likeness (QED) is 0.317. The van der Waals surface area contributed by atoms with Crippen LogP contribution in [0, 0.1) is 27.7 Å². The molecule has 4 heteroatoms. The van der Waals surface area contributed by atoms with E-state index in [1.165, 1.54) is 11.1 Å². The van der Waals surface area contributed by atoms with Crippen molar-refractivity contribution >= 4 is 45.3 Å². The number of nitrogens with one attached hydrogen (secondary N) is 3. The van der Waals surface area contributed by atoms with Gasteiger partial charge in [0.2, 0.25) is 0 Å². The molecule has 27 heavy (non-hydrogen) atoms. The molecule has 4 aromatic rings. The van der Waals surface area contributed by atoms with Crippen LogP contribution in [0.15, 0.2) is 30.3 Å². The predicted molar refractivity (Wildman–Crippen MR) is 114 cm³/mol. The average Bonchev–Trinajstić information content (AvgIpc) is 3.44. The Hall–Kier alpha value is -3.27. The number of H-pyrrole nitrogens is 3. The van der Waals surface area contributed by atoms with Gasteiger partial charge in [-0.15, -0.1) is 0 Å². The van der Waals surface area contributed by atoms with Crippen LogP contribution in [0.3, 0.4) is 0 Å². The Kier molecular flexibility index (Phi) is 3.31. The minimum Gasteiger partial charge on any atom is -0.355 e. The highest BCUT2D eigenvalue weighted by Crippen LogP contribution is 2.25. The normalized spacial score (nSPS) is 12.3. The lowest BCUT2D eigenvalue weighted by molar-refractivity contribution is 1.24. The molecule has 0 saturated heterocycles. The Morgan fingerprint density at radius 2 is 1.11 bits per heavy atom. The molecule has 0 unspecified atom stereocenters. The average molecular weight is 354 g/mol. The second-order valence-electron chi connectivity index (χ2n) is 7.40. The van der Waals surface area contributed by atoms with Crippen LogP contribution < -0.4 is 0 Å². The number of hydrogen-bond acceptors (Lipinski definition) is 1. The first kappa shape index (κ1) is 15.9. The van der Waals surface area contributed by atoms with Gasteiger partial charge in [0, 0.05) is 22.1 Å². The van der Waals surface area contributed by atoms with E-state index in [1.54, 1.807) is 0 Å². The molecule has 5 rings (SSSR count). The van der Waals surface area contributed by atoms with Crippen molar-refractivity contribution in [2.45, 2.75) is 27.7 Å². The molecule has 0 radical (unpaired) electrons. The number of aromatic nitrogens is 4. The molecule has 0 atom stereocenters. The van der Waals surface area contributed by atoms with Gasteiger partial charge in [0.15, 0.2) is 0 Å². The summed E-state index contributed by atoms with van der Waals surface area (Å²) in [7, 11) is 0. The van der Waals surface area contributed by atoms with Gasteiger partial charge in [0.25, 0.3) is 0 Å². The highest BCUT2D eigenvalue weighted by atomic mass is 14.8. The van der Waals surface area contributed by atoms with Gasteiger partial charge in [-0.25, -0.2) is 4.98 Å². The van der Waals surface area contributed by atoms with Gasteiger partial charge in [-0.3, -0.25) is 0 Å². The summed E-state index contributed by atoms with van der Waals surface area (Å²) in [5, 5.41) is 0. The molecule has 0 fully saturated rings. The van der Waals surface area contributed by atoms with Crippen LogP contribution >= 0.6 is 0 Å². The highest BCUT2D eigenvalue weighted by molar-refractivity contribution is 5.87. The molecule has 0 aromatic carbocycles. The molecule has 1 aliphatic heterocycles. The lowest BCUT2D eigenvalue weighted by Gasteiger charge is -1.95. The van der Waals surface area contributed by atoms with Crippen LogP contribution in [0.4, 0.5) is 0 Å². The van der Waals surface area contributed by atoms with Crippen molar-refractivity contribution in [3.63, 3.8) is 0 Å². The van der Waals surface area contributed by atoms with E-state index in [2.05, 4.69) is 85.1 Å². The second-order valence-corrected chi connectivity index (χ2v) is 7.40. The summed E-state index contributed by atoms with van der Waals surface area (Å²) >= 11 is 0. The van der Waals surface area contributed by atoms with Gasteiger partial charge >= 0.3 is 0 Å². The van der Waals surface area contributed by atoms with Gasteiger partial charge < -0.3 is 15.0 Å². The van der Waals surface area contributed by atoms with Gasteiger partial charge in [0.05, 0.1) is 22.4 Å². The number of nitrogens with zero attached hydrogens (tertiary/aromatic N) is 1. The van der Waals surface area contributed by atoms with Gasteiger partial charge in [0.1, 0.15) is 0 Å². The number of hydrogen-bond donors (Lipinski definition) is 3. The van der Waals surface area contributed by atoms with Crippen LogP contribution in [0.1, 0.15) is 33.6 Å². The van der Waals surface area contributed by atoms with E-state index in [0.29, 0.717) is 0 Å². The van der Waals surface area contributed by atoms with E-state index in [4.69, 9.17) is 4.98 Å². The number of aromatic amines is 3. The summed E-state index contributed by atoms with van der Waals surface area (Å²) in [6.07, 6.45) is 4.20. The van der Waals surface area contributed by atoms with Crippen LogP contribution in [0.25, 0.3) is 45.3 Å². The minimum atomic E-state index is 1.01. The minimum absolute atomic E-state index is 1.01. The highest BCUT2D eigenvalue weighted by Gasteiger charge is 2.09. The fourth-order valence-corrected chi connectivity index (χ4v) is 3.83. The molecule has 134 valence electrons. The topological polar surface area (TPSA) is 60.3 Å². The van der Waals surface area contributed by atoms with Crippen LogP contribution in [0.5, 0.6) is 0 Å². The van der Waals surface area contributed by atoms with E-state index in [1.807, 2.05) is 0 Å². The number of rotatable bonds is 0. The van der Waals surface area contributed by atoms with E-state index in [0.717, 1.165) is 55.6 Å². The summed E-state index contributed by atoms with van der Waals surface area (Å²) in [4.78, 5) is 15.6. The van der Waals surface area contributed by atoms with Crippen molar-refractivity contribution in [1.29, 1.82) is 0 Å². The molecule has 1 aliphatic rings. The second kappa shape index (κ2) is 5.61. The van der Waals surface area contributed by atoms with E-state index >= 15 is 0 Å². The number of aryl methyl sites for hydroxylation is 4. The first-order chi connectivity index (χ1) is 13.0. The summed E-state index contributed by atoms with van der Waals surface area (Å²) in [5.41, 5.74) is 13.4. The van der Waals surface area contributed by atoms with E-state index in [-0.39, 0.29) is 0 Å². The van der Waals surface area contributed by atoms with Gasteiger partial charge in [-0.05, 0) is 92.4 Å². The van der Waals surface area contributed by atoms with Crippen molar-refractivity contribution in [3.8, 4) is 0 Å². The molecule has 0 saturated carbocycles. The molecule has 0 spiro atoms. The SMILES string of the molecule is Cc1c2nc(c(C)c3ccc([nH]3)c3[nH]c(cc3C)c(C)c3ccc1[nH]3)C=C2. The lowest BCUT2D eigenvalue weighted by Crippen LogP contribution is -1.84. The molecular weight excluding hydrogens is 332 g/mol. The zero-order valence-corrected chi connectivity index (χ0v) is 16.0. The van der Waals surface area contributed by atoms with Crippen molar-refractivity contribution in [1.82, 2.24) is 19.9 Å². The Labute approximate surface area is 157 Å². The van der Waals surface area contributed by atoms with Crippen molar-refractivity contribution in [3.05, 3.63) is 64.0 Å². The summed E-state index contributed by atoms with van der Waals surface area (Å²) in [6.45, 7) is 8.53. The Bertz CT molecular complexity index is 1360. The first-order valence-corrected chi connectivity index (χ1v) is 9.26. The Morgan fingerprint density at radius 1 is 0.593 bits per heavy atom. The fraction of sp³-hybridized carbons (Fsp3) is 0.174. The monoisotopic (exact) mass is 354 g/mol. The third-order valence-electron chi connectivity index (χ3n) is 5.68. The fourth-order valence-electron chi connectivity index (χ4n) is 3.83. The smallest absolute Gasteiger partial charge is 0.0687 e. The van der Waals surface area contributed by atoms with Crippen molar-refractivity contribution < 1.29 is 0 Å². The maximum absolute atomic E-state index is 4.87. The van der Waals surface area contributed by atoms with Gasteiger partial charge in [-0.1, -0.05) is 0 Å². The zero-order chi connectivity index (χ0) is 18.7. The summed E-state index contributed by atoms with van der Waals surface area (Å²) < 4.78 is 0. The Balaban J connectivity index is 2.03. The molecule has 3 N–H and O–H groups in total. The van der Waals surface area contributed by atoms with Crippen molar-refractivity contribution in [2.24, 2.45) is 0 Å². The molecule has 0 amide bonds. The van der Waals surface area contributed by atoms with Crippen LogP contribution in [0.2, 0.25) is 0 Å². The zero-order valence-electron chi connectivity index (χ0n) is 16.0. The van der Waals surface area contributed by atoms with Crippen LogP contribution in [-0.4, -0.2) is 19.9 Å².